The van der Waals surface area contributed by atoms with E-state index in [1.54, 1.807) is 6.07 Å². The fraction of sp³-hybridized carbons (Fsp3) is 0.636. The predicted octanol–water partition coefficient (Wildman–Crippen LogP) is 2.43. The molecule has 4 nitrogen and oxygen atoms in total. The van der Waals surface area contributed by atoms with Crippen molar-refractivity contribution in [1.29, 1.82) is 0 Å². The standard InChI is InChI=1S/C11H16N2O2/c1-7(2)13-10(8-4-3-5-8)6-9(12-13)11(14)15/h6-8H,3-5H2,1-2H3,(H,14,15). The van der Waals surface area contributed by atoms with Gasteiger partial charge in [0.15, 0.2) is 5.69 Å². The summed E-state index contributed by atoms with van der Waals surface area (Å²) in [4.78, 5) is 10.8. The van der Waals surface area contributed by atoms with Crippen LogP contribution in [0.25, 0.3) is 0 Å². The van der Waals surface area contributed by atoms with Gasteiger partial charge in [-0.2, -0.15) is 5.10 Å². The van der Waals surface area contributed by atoms with Crippen LogP contribution < -0.4 is 0 Å². The molecule has 0 radical (unpaired) electrons. The number of carboxylic acids is 1. The summed E-state index contributed by atoms with van der Waals surface area (Å²) in [6.45, 7) is 4.06. The zero-order valence-electron chi connectivity index (χ0n) is 9.10. The first-order valence-electron chi connectivity index (χ1n) is 5.42. The van der Waals surface area contributed by atoms with Crippen LogP contribution in [-0.2, 0) is 0 Å². The minimum atomic E-state index is -0.935. The van der Waals surface area contributed by atoms with Gasteiger partial charge >= 0.3 is 5.97 Å². The molecule has 1 saturated carbocycles. The highest BCUT2D eigenvalue weighted by atomic mass is 16.4. The highest BCUT2D eigenvalue weighted by Crippen LogP contribution is 2.37. The van der Waals surface area contributed by atoms with Gasteiger partial charge in [0.2, 0.25) is 0 Å². The largest absolute Gasteiger partial charge is 0.476 e. The molecule has 1 aliphatic carbocycles. The molecule has 0 saturated heterocycles. The normalized spacial score (nSPS) is 16.7. The molecular formula is C11H16N2O2. The van der Waals surface area contributed by atoms with Gasteiger partial charge in [-0.25, -0.2) is 4.79 Å². The number of hydrogen-bond donors (Lipinski definition) is 1. The number of rotatable bonds is 3. The maximum atomic E-state index is 10.8. The number of aromatic nitrogens is 2. The van der Waals surface area contributed by atoms with Gasteiger partial charge in [-0.3, -0.25) is 4.68 Å². The molecule has 0 atom stereocenters. The monoisotopic (exact) mass is 208 g/mol. The third-order valence-corrected chi connectivity index (χ3v) is 3.00. The third-order valence-electron chi connectivity index (χ3n) is 3.00. The van der Waals surface area contributed by atoms with Crippen LogP contribution in [0.5, 0.6) is 0 Å². The van der Waals surface area contributed by atoms with Crippen LogP contribution in [0.2, 0.25) is 0 Å². The molecule has 1 fully saturated rings. The van der Waals surface area contributed by atoms with Crippen LogP contribution in [0.3, 0.4) is 0 Å². The molecule has 0 aromatic carbocycles. The van der Waals surface area contributed by atoms with Gasteiger partial charge in [0.25, 0.3) is 0 Å². The van der Waals surface area contributed by atoms with Crippen LogP contribution in [0.4, 0.5) is 0 Å². The Balaban J connectivity index is 2.36. The summed E-state index contributed by atoms with van der Waals surface area (Å²) in [5.41, 5.74) is 1.26. The molecule has 2 rings (SSSR count). The molecule has 4 heteroatoms. The molecule has 1 aromatic heterocycles. The Bertz CT molecular complexity index is 378. The van der Waals surface area contributed by atoms with Crippen LogP contribution in [0.15, 0.2) is 6.07 Å². The highest BCUT2D eigenvalue weighted by molar-refractivity contribution is 5.85. The maximum Gasteiger partial charge on any atom is 0.356 e. The lowest BCUT2D eigenvalue weighted by Gasteiger charge is -2.27. The average Bonchev–Trinajstić information content (AvgIpc) is 2.45. The van der Waals surface area contributed by atoms with Gasteiger partial charge in [-0.15, -0.1) is 0 Å². The van der Waals surface area contributed by atoms with E-state index >= 15 is 0 Å². The second kappa shape index (κ2) is 3.68. The van der Waals surface area contributed by atoms with Crippen molar-refractivity contribution in [2.75, 3.05) is 0 Å². The first-order valence-corrected chi connectivity index (χ1v) is 5.42. The van der Waals surface area contributed by atoms with E-state index < -0.39 is 5.97 Å². The van der Waals surface area contributed by atoms with Crippen molar-refractivity contribution >= 4 is 5.97 Å². The summed E-state index contributed by atoms with van der Waals surface area (Å²) < 4.78 is 1.85. The smallest absolute Gasteiger partial charge is 0.356 e. The minimum Gasteiger partial charge on any atom is -0.476 e. The summed E-state index contributed by atoms with van der Waals surface area (Å²) in [6, 6.07) is 1.96. The minimum absolute atomic E-state index is 0.172. The highest BCUT2D eigenvalue weighted by Gasteiger charge is 2.26. The number of carboxylic acid groups (broad SMARTS) is 1. The molecule has 0 aliphatic heterocycles. The Morgan fingerprint density at radius 2 is 2.27 bits per heavy atom. The molecule has 1 N–H and O–H groups in total. The summed E-state index contributed by atoms with van der Waals surface area (Å²) in [5.74, 6) is -0.414. The van der Waals surface area contributed by atoms with Crippen molar-refractivity contribution < 1.29 is 9.90 Å². The van der Waals surface area contributed by atoms with Gasteiger partial charge in [0, 0.05) is 17.7 Å². The second-order valence-corrected chi connectivity index (χ2v) is 4.43. The van der Waals surface area contributed by atoms with Crippen molar-refractivity contribution in [3.8, 4) is 0 Å². The molecule has 82 valence electrons. The first kappa shape index (κ1) is 10.2. The number of nitrogens with zero attached hydrogens (tertiary/aromatic N) is 2. The van der Waals surface area contributed by atoms with Crippen molar-refractivity contribution in [3.05, 3.63) is 17.5 Å². The van der Waals surface area contributed by atoms with Crippen molar-refractivity contribution in [2.45, 2.75) is 45.1 Å². The zero-order valence-corrected chi connectivity index (χ0v) is 9.10. The van der Waals surface area contributed by atoms with Gasteiger partial charge in [-0.05, 0) is 32.8 Å². The Kier molecular flexibility index (Phi) is 2.50. The van der Waals surface area contributed by atoms with Gasteiger partial charge in [-0.1, -0.05) is 6.42 Å². The third kappa shape index (κ3) is 1.76. The molecule has 15 heavy (non-hydrogen) atoms. The van der Waals surface area contributed by atoms with E-state index in [4.69, 9.17) is 5.11 Å². The van der Waals surface area contributed by atoms with E-state index in [0.29, 0.717) is 5.92 Å². The van der Waals surface area contributed by atoms with Crippen LogP contribution in [-0.4, -0.2) is 20.9 Å². The quantitative estimate of drug-likeness (QED) is 0.830. The van der Waals surface area contributed by atoms with E-state index in [-0.39, 0.29) is 11.7 Å². The van der Waals surface area contributed by atoms with E-state index in [1.807, 2.05) is 18.5 Å². The van der Waals surface area contributed by atoms with Crippen molar-refractivity contribution in [3.63, 3.8) is 0 Å². The fourth-order valence-electron chi connectivity index (χ4n) is 1.94. The van der Waals surface area contributed by atoms with E-state index in [0.717, 1.165) is 18.5 Å². The molecule has 1 aromatic rings. The maximum absolute atomic E-state index is 10.8. The molecular weight excluding hydrogens is 192 g/mol. The van der Waals surface area contributed by atoms with Crippen LogP contribution in [0, 0.1) is 0 Å². The van der Waals surface area contributed by atoms with E-state index in [2.05, 4.69) is 5.10 Å². The van der Waals surface area contributed by atoms with Crippen molar-refractivity contribution in [2.24, 2.45) is 0 Å². The molecule has 0 unspecified atom stereocenters. The van der Waals surface area contributed by atoms with Crippen LogP contribution >= 0.6 is 0 Å². The van der Waals surface area contributed by atoms with Crippen molar-refractivity contribution in [1.82, 2.24) is 9.78 Å². The summed E-state index contributed by atoms with van der Waals surface area (Å²) in [7, 11) is 0. The Hall–Kier alpha value is -1.32. The average molecular weight is 208 g/mol. The second-order valence-electron chi connectivity index (χ2n) is 4.43. The Morgan fingerprint density at radius 1 is 1.60 bits per heavy atom. The van der Waals surface area contributed by atoms with Gasteiger partial charge in [0.05, 0.1) is 0 Å². The molecule has 1 aliphatic rings. The first-order chi connectivity index (χ1) is 7.09. The Labute approximate surface area is 88.9 Å². The zero-order chi connectivity index (χ0) is 11.0. The lowest BCUT2D eigenvalue weighted by atomic mass is 9.82. The lowest BCUT2D eigenvalue weighted by Crippen LogP contribution is -2.16. The lowest BCUT2D eigenvalue weighted by molar-refractivity contribution is 0.0689. The topological polar surface area (TPSA) is 55.1 Å². The van der Waals surface area contributed by atoms with Crippen LogP contribution in [0.1, 0.15) is 61.3 Å². The molecule has 0 spiro atoms. The van der Waals surface area contributed by atoms with E-state index in [9.17, 15) is 4.79 Å². The number of hydrogen-bond acceptors (Lipinski definition) is 2. The van der Waals surface area contributed by atoms with Gasteiger partial charge in [0.1, 0.15) is 0 Å². The SMILES string of the molecule is CC(C)n1nc(C(=O)O)cc1C1CCC1. The molecule has 0 bridgehead atoms. The summed E-state index contributed by atoms with van der Waals surface area (Å²) >= 11 is 0. The summed E-state index contributed by atoms with van der Waals surface area (Å²) in [5, 5.41) is 13.0. The van der Waals surface area contributed by atoms with Gasteiger partial charge < -0.3 is 5.11 Å². The number of carbonyl (C=O) groups is 1. The number of aromatic carboxylic acids is 1. The molecule has 1 heterocycles. The Morgan fingerprint density at radius 3 is 2.67 bits per heavy atom. The molecule has 0 amide bonds. The fourth-order valence-corrected chi connectivity index (χ4v) is 1.94. The summed E-state index contributed by atoms with van der Waals surface area (Å²) in [6.07, 6.45) is 3.57. The van der Waals surface area contributed by atoms with E-state index in [1.165, 1.54) is 6.42 Å². The predicted molar refractivity (Wildman–Crippen MR) is 56.2 cm³/mol.